The third kappa shape index (κ3) is 4.17. The van der Waals surface area contributed by atoms with Gasteiger partial charge in [0.05, 0.1) is 16.8 Å². The van der Waals surface area contributed by atoms with Crippen molar-refractivity contribution in [1.82, 2.24) is 0 Å². The lowest BCUT2D eigenvalue weighted by atomic mass is 10.1. The number of hydrogen-bond acceptors (Lipinski definition) is 4. The molecule has 1 aliphatic heterocycles. The van der Waals surface area contributed by atoms with Crippen LogP contribution in [-0.4, -0.2) is 17.7 Å². The van der Waals surface area contributed by atoms with Crippen LogP contribution in [-0.2, 0) is 6.61 Å². The van der Waals surface area contributed by atoms with E-state index in [0.29, 0.717) is 40.4 Å². The Morgan fingerprint density at radius 3 is 2.06 bits per heavy atom. The van der Waals surface area contributed by atoms with Crippen LogP contribution in [0.4, 0.5) is 11.4 Å². The fourth-order valence-corrected chi connectivity index (χ4v) is 3.79. The maximum atomic E-state index is 12.7. The topological polar surface area (TPSA) is 75.7 Å². The number of rotatable bonds is 6. The standard InChI is InChI=1S/C28H20N2O4/c31-26(20-13-15-23(16-14-20)34-18-19-7-2-1-3-8-19)29-21-9-6-10-22(17-21)30-27(32)24-11-4-5-12-25(24)28(30)33/h1-17H,18H2,(H,29,31). The van der Waals surface area contributed by atoms with E-state index in [1.54, 1.807) is 72.8 Å². The molecule has 0 spiro atoms. The fraction of sp³-hybridized carbons (Fsp3) is 0.0357. The summed E-state index contributed by atoms with van der Waals surface area (Å²) in [6.07, 6.45) is 0. The molecule has 6 heteroatoms. The van der Waals surface area contributed by atoms with Gasteiger partial charge in [-0.1, -0.05) is 48.5 Å². The minimum absolute atomic E-state index is 0.311. The largest absolute Gasteiger partial charge is 0.489 e. The number of nitrogens with zero attached hydrogens (tertiary/aromatic N) is 1. The molecule has 0 aromatic heterocycles. The Hall–Kier alpha value is -4.71. The average molecular weight is 448 g/mol. The Kier molecular flexibility index (Phi) is 5.62. The molecule has 0 saturated carbocycles. The van der Waals surface area contributed by atoms with Gasteiger partial charge < -0.3 is 10.1 Å². The molecule has 0 aliphatic carbocycles. The highest BCUT2D eigenvalue weighted by Crippen LogP contribution is 2.30. The first-order valence-corrected chi connectivity index (χ1v) is 10.8. The summed E-state index contributed by atoms with van der Waals surface area (Å²) < 4.78 is 5.76. The van der Waals surface area contributed by atoms with Crippen molar-refractivity contribution in [2.75, 3.05) is 10.2 Å². The van der Waals surface area contributed by atoms with Crippen molar-refractivity contribution in [3.8, 4) is 5.75 Å². The first-order chi connectivity index (χ1) is 16.6. The molecule has 4 aromatic carbocycles. The molecule has 6 nitrogen and oxygen atoms in total. The van der Waals surface area contributed by atoms with Crippen molar-refractivity contribution in [1.29, 1.82) is 0 Å². The Morgan fingerprint density at radius 1 is 0.735 bits per heavy atom. The monoisotopic (exact) mass is 448 g/mol. The molecular formula is C28H20N2O4. The van der Waals surface area contributed by atoms with E-state index in [1.807, 2.05) is 30.3 Å². The lowest BCUT2D eigenvalue weighted by Gasteiger charge is -2.15. The average Bonchev–Trinajstić information content (AvgIpc) is 3.14. The smallest absolute Gasteiger partial charge is 0.266 e. The lowest BCUT2D eigenvalue weighted by Crippen LogP contribution is -2.29. The second kappa shape index (κ2) is 9.03. The van der Waals surface area contributed by atoms with Gasteiger partial charge in [0.25, 0.3) is 17.7 Å². The number of carbonyl (C=O) groups excluding carboxylic acids is 3. The van der Waals surface area contributed by atoms with Gasteiger partial charge >= 0.3 is 0 Å². The summed E-state index contributed by atoms with van der Waals surface area (Å²) in [6.45, 7) is 0.441. The van der Waals surface area contributed by atoms with Gasteiger partial charge in [0.2, 0.25) is 0 Å². The Bertz CT molecular complexity index is 1350. The minimum Gasteiger partial charge on any atom is -0.489 e. The first kappa shape index (κ1) is 21.2. The molecule has 1 N–H and O–H groups in total. The third-order valence-corrected chi connectivity index (χ3v) is 5.52. The quantitative estimate of drug-likeness (QED) is 0.405. The van der Waals surface area contributed by atoms with E-state index in [4.69, 9.17) is 4.74 Å². The summed E-state index contributed by atoms with van der Waals surface area (Å²) in [4.78, 5) is 39.4. The summed E-state index contributed by atoms with van der Waals surface area (Å²) in [5.41, 5.74) is 3.13. The maximum absolute atomic E-state index is 12.7. The van der Waals surface area contributed by atoms with Gasteiger partial charge in [-0.15, -0.1) is 0 Å². The fourth-order valence-electron chi connectivity index (χ4n) is 3.79. The molecule has 4 aromatic rings. The number of ether oxygens (including phenoxy) is 1. The summed E-state index contributed by atoms with van der Waals surface area (Å²) in [5, 5.41) is 2.82. The molecule has 1 heterocycles. The van der Waals surface area contributed by atoms with Gasteiger partial charge in [-0.05, 0) is 60.2 Å². The van der Waals surface area contributed by atoms with Crippen molar-refractivity contribution < 1.29 is 19.1 Å². The second-order valence-electron chi connectivity index (χ2n) is 7.79. The highest BCUT2D eigenvalue weighted by Gasteiger charge is 2.36. The van der Waals surface area contributed by atoms with Gasteiger partial charge in [0.1, 0.15) is 12.4 Å². The molecule has 0 saturated heterocycles. The zero-order chi connectivity index (χ0) is 23.5. The molecule has 0 bridgehead atoms. The van der Waals surface area contributed by atoms with Gasteiger partial charge in [-0.3, -0.25) is 14.4 Å². The summed E-state index contributed by atoms with van der Waals surface area (Å²) in [5.74, 6) is -0.410. The van der Waals surface area contributed by atoms with E-state index in [0.717, 1.165) is 10.5 Å². The molecule has 0 atom stereocenters. The van der Waals surface area contributed by atoms with Gasteiger partial charge in [-0.25, -0.2) is 4.90 Å². The SMILES string of the molecule is O=C(Nc1cccc(N2C(=O)c3ccccc3C2=O)c1)c1ccc(OCc2ccccc2)cc1. The molecule has 0 unspecified atom stereocenters. The predicted molar refractivity (Wildman–Crippen MR) is 129 cm³/mol. The van der Waals surface area contributed by atoms with Crippen molar-refractivity contribution >= 4 is 29.1 Å². The van der Waals surface area contributed by atoms with E-state index in [-0.39, 0.29) is 17.7 Å². The lowest BCUT2D eigenvalue weighted by molar-refractivity contribution is 0.0925. The number of nitrogens with one attached hydrogen (secondary N) is 1. The number of carbonyl (C=O) groups is 3. The van der Waals surface area contributed by atoms with Crippen molar-refractivity contribution in [3.63, 3.8) is 0 Å². The van der Waals surface area contributed by atoms with Crippen LogP contribution in [0.1, 0.15) is 36.6 Å². The van der Waals surface area contributed by atoms with Crippen LogP contribution in [0, 0.1) is 0 Å². The van der Waals surface area contributed by atoms with E-state index in [2.05, 4.69) is 5.32 Å². The van der Waals surface area contributed by atoms with Gasteiger partial charge in [0, 0.05) is 11.3 Å². The zero-order valence-electron chi connectivity index (χ0n) is 18.1. The molecule has 5 rings (SSSR count). The van der Waals surface area contributed by atoms with Crippen molar-refractivity contribution in [2.45, 2.75) is 6.61 Å². The van der Waals surface area contributed by atoms with Gasteiger partial charge in [-0.2, -0.15) is 0 Å². The predicted octanol–water partition coefficient (Wildman–Crippen LogP) is 5.32. The second-order valence-corrected chi connectivity index (χ2v) is 7.79. The number of benzene rings is 4. The van der Waals surface area contributed by atoms with Crippen LogP contribution in [0.5, 0.6) is 5.75 Å². The third-order valence-electron chi connectivity index (χ3n) is 5.52. The van der Waals surface area contributed by atoms with E-state index < -0.39 is 0 Å². The van der Waals surface area contributed by atoms with Crippen LogP contribution >= 0.6 is 0 Å². The van der Waals surface area contributed by atoms with E-state index >= 15 is 0 Å². The summed E-state index contributed by atoms with van der Waals surface area (Å²) in [7, 11) is 0. The number of hydrogen-bond donors (Lipinski definition) is 1. The van der Waals surface area contributed by atoms with Gasteiger partial charge in [0.15, 0.2) is 0 Å². The minimum atomic E-state index is -0.379. The van der Waals surface area contributed by atoms with Crippen LogP contribution in [0.15, 0.2) is 103 Å². The molecule has 34 heavy (non-hydrogen) atoms. The van der Waals surface area contributed by atoms with Crippen LogP contribution in [0.25, 0.3) is 0 Å². The molecule has 1 aliphatic rings. The zero-order valence-corrected chi connectivity index (χ0v) is 18.1. The van der Waals surface area contributed by atoms with Crippen molar-refractivity contribution in [3.05, 3.63) is 125 Å². The summed E-state index contributed by atoms with van der Waals surface area (Å²) >= 11 is 0. The Labute approximate surface area is 196 Å². The van der Waals surface area contributed by atoms with E-state index in [1.165, 1.54) is 0 Å². The van der Waals surface area contributed by atoms with Crippen LogP contribution < -0.4 is 15.0 Å². The number of amides is 3. The van der Waals surface area contributed by atoms with Crippen LogP contribution in [0.3, 0.4) is 0 Å². The molecule has 3 amide bonds. The van der Waals surface area contributed by atoms with Crippen molar-refractivity contribution in [2.24, 2.45) is 0 Å². The molecular weight excluding hydrogens is 428 g/mol. The van der Waals surface area contributed by atoms with E-state index in [9.17, 15) is 14.4 Å². The normalized spacial score (nSPS) is 12.4. The molecule has 0 fully saturated rings. The molecule has 0 radical (unpaired) electrons. The number of imide groups is 1. The van der Waals surface area contributed by atoms with Crippen LogP contribution in [0.2, 0.25) is 0 Å². The number of fused-ring (bicyclic) bond motifs is 1. The highest BCUT2D eigenvalue weighted by molar-refractivity contribution is 6.34. The maximum Gasteiger partial charge on any atom is 0.266 e. The summed E-state index contributed by atoms with van der Waals surface area (Å²) in [6, 6.07) is 30.1. The Morgan fingerprint density at radius 2 is 1.38 bits per heavy atom. The highest BCUT2D eigenvalue weighted by atomic mass is 16.5. The number of anilines is 2. The molecule has 166 valence electrons. The first-order valence-electron chi connectivity index (χ1n) is 10.8. The Balaban J connectivity index is 1.26.